The van der Waals surface area contributed by atoms with E-state index < -0.39 is 0 Å². The first-order valence-corrected chi connectivity index (χ1v) is 2.71. The molecule has 0 aliphatic rings. The Labute approximate surface area is 50.4 Å². The van der Waals surface area contributed by atoms with Crippen molar-refractivity contribution in [3.63, 3.8) is 0 Å². The normalized spacial score (nSPS) is 11.1. The van der Waals surface area contributed by atoms with Gasteiger partial charge in [0.05, 0.1) is 0 Å². The van der Waals surface area contributed by atoms with E-state index in [1.54, 1.807) is 18.5 Å². The summed E-state index contributed by atoms with van der Waals surface area (Å²) in [4.78, 5) is 3.86. The summed E-state index contributed by atoms with van der Waals surface area (Å²) < 4.78 is 0. The van der Waals surface area contributed by atoms with Crippen molar-refractivity contribution in [1.82, 2.24) is 0 Å². The van der Waals surface area contributed by atoms with Crippen molar-refractivity contribution < 1.29 is 0 Å². The lowest BCUT2D eigenvalue weighted by Gasteiger charge is -1.72. The summed E-state index contributed by atoms with van der Waals surface area (Å²) in [7, 11) is 0. The van der Waals surface area contributed by atoms with Gasteiger partial charge in [0.15, 0.2) is 0 Å². The van der Waals surface area contributed by atoms with Gasteiger partial charge in [0.1, 0.15) is 0 Å². The molecule has 0 N–H and O–H groups in total. The van der Waals surface area contributed by atoms with Crippen LogP contribution in [0.25, 0.3) is 0 Å². The van der Waals surface area contributed by atoms with E-state index in [1.807, 2.05) is 6.08 Å². The van der Waals surface area contributed by atoms with Crippen molar-refractivity contribution in [2.45, 2.75) is 13.3 Å². The van der Waals surface area contributed by atoms with Crippen molar-refractivity contribution >= 4 is 6.21 Å². The highest BCUT2D eigenvalue weighted by Gasteiger charge is 1.59. The fourth-order valence-electron chi connectivity index (χ4n) is 0.277. The third kappa shape index (κ3) is 5.15. The van der Waals surface area contributed by atoms with E-state index in [-0.39, 0.29) is 0 Å². The molecule has 44 valence electrons. The van der Waals surface area contributed by atoms with Gasteiger partial charge in [-0.1, -0.05) is 25.7 Å². The van der Waals surface area contributed by atoms with Crippen LogP contribution in [-0.4, -0.2) is 6.21 Å². The minimum atomic E-state index is 1.04. The molecule has 0 bridgehead atoms. The van der Waals surface area contributed by atoms with Gasteiger partial charge in [-0.2, -0.15) is 0 Å². The first-order valence-electron chi connectivity index (χ1n) is 2.71. The van der Waals surface area contributed by atoms with Crippen LogP contribution in [0.15, 0.2) is 29.9 Å². The Hall–Kier alpha value is -0.850. The highest BCUT2D eigenvalue weighted by atomic mass is 14.6. The van der Waals surface area contributed by atoms with Crippen LogP contribution in [0.3, 0.4) is 0 Å². The second-order valence-corrected chi connectivity index (χ2v) is 1.33. The maximum absolute atomic E-state index is 3.86. The van der Waals surface area contributed by atoms with Gasteiger partial charge in [-0.25, -0.2) is 0 Å². The molecular weight excluding hydrogens is 98.1 g/mol. The number of allylic oxidation sites excluding steroid dienone is 2. The van der Waals surface area contributed by atoms with Crippen molar-refractivity contribution in [3.8, 4) is 0 Å². The summed E-state index contributed by atoms with van der Waals surface area (Å²) in [6, 6.07) is 0. The van der Waals surface area contributed by atoms with Gasteiger partial charge in [-0.3, -0.25) is 4.99 Å². The quantitative estimate of drug-likeness (QED) is 0.492. The van der Waals surface area contributed by atoms with Crippen LogP contribution in [0.4, 0.5) is 0 Å². The van der Waals surface area contributed by atoms with Crippen LogP contribution in [0.2, 0.25) is 0 Å². The van der Waals surface area contributed by atoms with Crippen LogP contribution in [0, 0.1) is 0 Å². The van der Waals surface area contributed by atoms with E-state index in [9.17, 15) is 0 Å². The largest absolute Gasteiger partial charge is 0.265 e. The van der Waals surface area contributed by atoms with E-state index in [2.05, 4.69) is 18.5 Å². The van der Waals surface area contributed by atoms with Crippen LogP contribution in [0.1, 0.15) is 13.3 Å². The molecule has 0 fully saturated rings. The van der Waals surface area contributed by atoms with Crippen LogP contribution < -0.4 is 0 Å². The number of hydrogen-bond acceptors (Lipinski definition) is 1. The molecular formula is C7H11N. The lowest BCUT2D eigenvalue weighted by molar-refractivity contribution is 1.21. The minimum absolute atomic E-state index is 1.04. The fraction of sp³-hybridized carbons (Fsp3) is 0.286. The zero-order chi connectivity index (χ0) is 6.24. The van der Waals surface area contributed by atoms with E-state index in [1.165, 1.54) is 0 Å². The molecule has 0 saturated carbocycles. The molecule has 8 heavy (non-hydrogen) atoms. The van der Waals surface area contributed by atoms with Gasteiger partial charge >= 0.3 is 0 Å². The molecule has 0 aromatic carbocycles. The Morgan fingerprint density at radius 3 is 2.88 bits per heavy atom. The highest BCUT2D eigenvalue weighted by molar-refractivity contribution is 5.70. The van der Waals surface area contributed by atoms with Crippen LogP contribution >= 0.6 is 0 Å². The SMILES string of the molecule is C=CC=NC=CCC. The Balaban J connectivity index is 3.26. The molecule has 0 amide bonds. The zero-order valence-corrected chi connectivity index (χ0v) is 5.17. The molecule has 0 aromatic rings. The van der Waals surface area contributed by atoms with E-state index in [0.29, 0.717) is 0 Å². The van der Waals surface area contributed by atoms with E-state index >= 15 is 0 Å². The first-order chi connectivity index (χ1) is 3.91. The fourth-order valence-corrected chi connectivity index (χ4v) is 0.277. The minimum Gasteiger partial charge on any atom is -0.265 e. The summed E-state index contributed by atoms with van der Waals surface area (Å²) in [5.41, 5.74) is 0. The molecule has 0 atom stereocenters. The van der Waals surface area contributed by atoms with E-state index in [0.717, 1.165) is 6.42 Å². The summed E-state index contributed by atoms with van der Waals surface area (Å²) in [6.45, 7) is 5.54. The third-order valence-electron chi connectivity index (χ3n) is 0.619. The number of hydrogen-bond donors (Lipinski definition) is 0. The van der Waals surface area contributed by atoms with E-state index in [4.69, 9.17) is 0 Å². The second-order valence-electron chi connectivity index (χ2n) is 1.33. The molecule has 1 heteroatoms. The van der Waals surface area contributed by atoms with Crippen LogP contribution in [0.5, 0.6) is 0 Å². The molecule has 0 heterocycles. The molecule has 1 nitrogen and oxygen atoms in total. The lowest BCUT2D eigenvalue weighted by atomic mass is 10.5. The number of rotatable bonds is 3. The summed E-state index contributed by atoms with van der Waals surface area (Å²) >= 11 is 0. The summed E-state index contributed by atoms with van der Waals surface area (Å²) in [5.74, 6) is 0. The highest BCUT2D eigenvalue weighted by Crippen LogP contribution is 1.78. The van der Waals surface area contributed by atoms with Gasteiger partial charge < -0.3 is 0 Å². The van der Waals surface area contributed by atoms with Crippen LogP contribution in [-0.2, 0) is 0 Å². The van der Waals surface area contributed by atoms with Gasteiger partial charge in [-0.15, -0.1) is 0 Å². The Bertz CT molecular complexity index is 101. The molecule has 0 rings (SSSR count). The number of nitrogens with zero attached hydrogens (tertiary/aromatic N) is 1. The van der Waals surface area contributed by atoms with Gasteiger partial charge in [0, 0.05) is 12.4 Å². The number of aliphatic imine (C=N–C) groups is 1. The smallest absolute Gasteiger partial charge is 0.0261 e. The molecule has 0 spiro atoms. The maximum Gasteiger partial charge on any atom is 0.0261 e. The predicted octanol–water partition coefficient (Wildman–Crippen LogP) is 2.17. The molecule has 0 unspecified atom stereocenters. The summed E-state index contributed by atoms with van der Waals surface area (Å²) in [6.07, 6.45) is 8.10. The average molecular weight is 109 g/mol. The lowest BCUT2D eigenvalue weighted by Crippen LogP contribution is -1.56. The third-order valence-corrected chi connectivity index (χ3v) is 0.619. The molecule has 0 radical (unpaired) electrons. The zero-order valence-electron chi connectivity index (χ0n) is 5.17. The van der Waals surface area contributed by atoms with Crippen molar-refractivity contribution in [3.05, 3.63) is 24.9 Å². The average Bonchev–Trinajstić information content (AvgIpc) is 1.81. The molecule has 0 aliphatic heterocycles. The van der Waals surface area contributed by atoms with Gasteiger partial charge in [0.25, 0.3) is 0 Å². The second kappa shape index (κ2) is 6.15. The van der Waals surface area contributed by atoms with Crippen molar-refractivity contribution in [2.75, 3.05) is 0 Å². The standard InChI is InChI=1S/C7H11N/c1-3-5-7-8-6-4-2/h4-7H,2-3H2,1H3. The maximum atomic E-state index is 3.86. The van der Waals surface area contributed by atoms with Gasteiger partial charge in [-0.05, 0) is 6.42 Å². The first kappa shape index (κ1) is 7.15. The Morgan fingerprint density at radius 2 is 2.38 bits per heavy atom. The predicted molar refractivity (Wildman–Crippen MR) is 38.1 cm³/mol. The van der Waals surface area contributed by atoms with Gasteiger partial charge in [0.2, 0.25) is 0 Å². The Kier molecular flexibility index (Phi) is 5.50. The monoisotopic (exact) mass is 109 g/mol. The van der Waals surface area contributed by atoms with Crippen molar-refractivity contribution in [1.29, 1.82) is 0 Å². The topological polar surface area (TPSA) is 12.4 Å². The Morgan fingerprint density at radius 1 is 1.62 bits per heavy atom. The molecule has 0 aliphatic carbocycles. The summed E-state index contributed by atoms with van der Waals surface area (Å²) in [5, 5.41) is 0. The molecule has 0 aromatic heterocycles. The van der Waals surface area contributed by atoms with Crippen molar-refractivity contribution in [2.24, 2.45) is 4.99 Å². The molecule has 0 saturated heterocycles.